The van der Waals surface area contributed by atoms with E-state index in [9.17, 15) is 9.90 Å². The van der Waals surface area contributed by atoms with Gasteiger partial charge in [0.1, 0.15) is 11.9 Å². The highest BCUT2D eigenvalue weighted by molar-refractivity contribution is 7.99. The zero-order chi connectivity index (χ0) is 23.9. The van der Waals surface area contributed by atoms with Gasteiger partial charge >= 0.3 is 5.97 Å². The van der Waals surface area contributed by atoms with Crippen molar-refractivity contribution in [3.63, 3.8) is 0 Å². The van der Waals surface area contributed by atoms with Crippen molar-refractivity contribution in [2.24, 2.45) is 11.8 Å². The number of thioether (sulfide) groups is 1. The molecule has 2 aromatic heterocycles. The Morgan fingerprint density at radius 3 is 2.91 bits per heavy atom. The summed E-state index contributed by atoms with van der Waals surface area (Å²) in [6.07, 6.45) is 3.82. The van der Waals surface area contributed by atoms with E-state index in [0.717, 1.165) is 41.2 Å². The van der Waals surface area contributed by atoms with E-state index >= 15 is 4.39 Å². The molecule has 3 aromatic rings. The van der Waals surface area contributed by atoms with Crippen LogP contribution in [0.15, 0.2) is 59.9 Å². The van der Waals surface area contributed by atoms with Gasteiger partial charge in [-0.25, -0.2) is 9.37 Å². The van der Waals surface area contributed by atoms with Gasteiger partial charge in [0.05, 0.1) is 23.6 Å². The number of piperidine rings is 1. The lowest BCUT2D eigenvalue weighted by atomic mass is 9.81. The molecule has 180 valence electrons. The first kappa shape index (κ1) is 24.4. The molecule has 0 spiro atoms. The van der Waals surface area contributed by atoms with Crippen LogP contribution in [0.3, 0.4) is 0 Å². The van der Waals surface area contributed by atoms with Crippen molar-refractivity contribution < 1.29 is 19.0 Å². The standard InChI is InChI=1S/C26H30FN3O3S/c1-33-19-6-8-24-21(16-19)20(9-12-28-24)23(27)7-5-18-10-13-30(17-22(18)26(31)32)14-15-34-25-4-2-3-11-29-25/h2-4,6,8-9,11-12,16,18,22-23H,5,7,10,13-15,17H2,1H3,(H,31,32)/t18-,22+,23+/m1/s1. The first-order valence-corrected chi connectivity index (χ1v) is 12.6. The predicted octanol–water partition coefficient (Wildman–Crippen LogP) is 5.24. The minimum absolute atomic E-state index is 0.0296. The number of aliphatic carboxylic acids is 1. The molecule has 8 heteroatoms. The zero-order valence-corrected chi connectivity index (χ0v) is 20.1. The van der Waals surface area contributed by atoms with Gasteiger partial charge < -0.3 is 14.7 Å². The monoisotopic (exact) mass is 483 g/mol. The highest BCUT2D eigenvalue weighted by Gasteiger charge is 2.34. The van der Waals surface area contributed by atoms with Crippen molar-refractivity contribution in [2.45, 2.75) is 30.5 Å². The number of aromatic nitrogens is 2. The molecule has 34 heavy (non-hydrogen) atoms. The molecule has 1 N–H and O–H groups in total. The van der Waals surface area contributed by atoms with Crippen LogP contribution >= 0.6 is 11.8 Å². The fraction of sp³-hybridized carbons (Fsp3) is 0.423. The Balaban J connectivity index is 1.34. The Morgan fingerprint density at radius 2 is 2.15 bits per heavy atom. The molecule has 1 fully saturated rings. The number of halogens is 1. The molecule has 0 bridgehead atoms. The van der Waals surface area contributed by atoms with Gasteiger partial charge in [-0.1, -0.05) is 6.07 Å². The first-order valence-electron chi connectivity index (χ1n) is 11.6. The quantitative estimate of drug-likeness (QED) is 0.395. The number of benzene rings is 1. The summed E-state index contributed by atoms with van der Waals surface area (Å²) in [5, 5.41) is 11.6. The van der Waals surface area contributed by atoms with Crippen LogP contribution in [-0.2, 0) is 4.79 Å². The smallest absolute Gasteiger partial charge is 0.308 e. The second-order valence-corrected chi connectivity index (χ2v) is 9.75. The Hall–Kier alpha value is -2.71. The van der Waals surface area contributed by atoms with E-state index in [1.807, 2.05) is 36.4 Å². The van der Waals surface area contributed by atoms with E-state index in [2.05, 4.69) is 14.9 Å². The number of likely N-dealkylation sites (tertiary alicyclic amines) is 1. The van der Waals surface area contributed by atoms with Crippen LogP contribution in [0, 0.1) is 11.8 Å². The summed E-state index contributed by atoms with van der Waals surface area (Å²) in [6, 6.07) is 13.0. The predicted molar refractivity (Wildman–Crippen MR) is 132 cm³/mol. The molecular formula is C26H30FN3O3S. The number of nitrogens with zero attached hydrogens (tertiary/aromatic N) is 3. The summed E-state index contributed by atoms with van der Waals surface area (Å²) in [4.78, 5) is 22.9. The minimum Gasteiger partial charge on any atom is -0.497 e. The molecule has 1 aliphatic rings. The van der Waals surface area contributed by atoms with Gasteiger partial charge in [-0.05, 0) is 73.7 Å². The summed E-state index contributed by atoms with van der Waals surface area (Å²) in [5.41, 5.74) is 1.31. The van der Waals surface area contributed by atoms with Crippen LogP contribution in [0.4, 0.5) is 4.39 Å². The van der Waals surface area contributed by atoms with Crippen molar-refractivity contribution in [3.05, 3.63) is 60.4 Å². The summed E-state index contributed by atoms with van der Waals surface area (Å²) in [5.74, 6) is 0.224. The molecule has 3 heterocycles. The van der Waals surface area contributed by atoms with Crippen LogP contribution in [0.25, 0.3) is 10.9 Å². The maximum atomic E-state index is 15.4. The minimum atomic E-state index is -1.18. The molecule has 0 saturated carbocycles. The van der Waals surface area contributed by atoms with Gasteiger partial charge in [-0.15, -0.1) is 11.8 Å². The summed E-state index contributed by atoms with van der Waals surface area (Å²) in [7, 11) is 1.58. The van der Waals surface area contributed by atoms with Gasteiger partial charge in [-0.3, -0.25) is 9.78 Å². The SMILES string of the molecule is COc1ccc2nccc([C@@H](F)CC[C@@H]3CCN(CCSc4ccccn4)C[C@@H]3C(=O)O)c2c1. The topological polar surface area (TPSA) is 75.5 Å². The van der Waals surface area contributed by atoms with E-state index in [1.165, 1.54) is 0 Å². The molecule has 0 amide bonds. The Morgan fingerprint density at radius 1 is 1.26 bits per heavy atom. The normalized spacial score (nSPS) is 19.7. The first-order chi connectivity index (χ1) is 16.5. The molecule has 6 nitrogen and oxygen atoms in total. The lowest BCUT2D eigenvalue weighted by molar-refractivity contribution is -0.146. The summed E-state index contributed by atoms with van der Waals surface area (Å²) < 4.78 is 20.6. The highest BCUT2D eigenvalue weighted by atomic mass is 32.2. The third-order valence-electron chi connectivity index (χ3n) is 6.56. The van der Waals surface area contributed by atoms with Gasteiger partial charge in [0.2, 0.25) is 0 Å². The average molecular weight is 484 g/mol. The Labute approximate surface area is 203 Å². The molecule has 0 radical (unpaired) electrons. The number of hydrogen-bond acceptors (Lipinski definition) is 6. The molecule has 0 aliphatic carbocycles. The maximum absolute atomic E-state index is 15.4. The lowest BCUT2D eigenvalue weighted by Gasteiger charge is -2.36. The lowest BCUT2D eigenvalue weighted by Crippen LogP contribution is -2.44. The average Bonchev–Trinajstić information content (AvgIpc) is 2.87. The van der Waals surface area contributed by atoms with E-state index in [4.69, 9.17) is 4.74 Å². The number of fused-ring (bicyclic) bond motifs is 1. The second kappa shape index (κ2) is 11.6. The van der Waals surface area contributed by atoms with E-state index in [1.54, 1.807) is 37.3 Å². The number of rotatable bonds is 10. The zero-order valence-electron chi connectivity index (χ0n) is 19.3. The van der Waals surface area contributed by atoms with E-state index in [-0.39, 0.29) is 5.92 Å². The van der Waals surface area contributed by atoms with Gasteiger partial charge in [-0.2, -0.15) is 0 Å². The largest absolute Gasteiger partial charge is 0.497 e. The van der Waals surface area contributed by atoms with Crippen LogP contribution in [0.2, 0.25) is 0 Å². The van der Waals surface area contributed by atoms with Gasteiger partial charge in [0, 0.05) is 36.6 Å². The van der Waals surface area contributed by atoms with Gasteiger partial charge in [0.25, 0.3) is 0 Å². The van der Waals surface area contributed by atoms with Crippen molar-refractivity contribution >= 4 is 28.6 Å². The van der Waals surface area contributed by atoms with Crippen molar-refractivity contribution in [3.8, 4) is 5.75 Å². The number of ether oxygens (including phenoxy) is 1. The molecule has 3 atom stereocenters. The second-order valence-electron chi connectivity index (χ2n) is 8.64. The third kappa shape index (κ3) is 6.04. The number of methoxy groups -OCH3 is 1. The van der Waals surface area contributed by atoms with Crippen LogP contribution in [0.5, 0.6) is 5.75 Å². The number of carboxylic acids is 1. The molecule has 1 aliphatic heterocycles. The molecule has 4 rings (SSSR count). The third-order valence-corrected chi connectivity index (χ3v) is 7.49. The Bertz CT molecular complexity index is 1100. The number of alkyl halides is 1. The van der Waals surface area contributed by atoms with Gasteiger partial charge in [0.15, 0.2) is 0 Å². The van der Waals surface area contributed by atoms with Crippen molar-refractivity contribution in [1.82, 2.24) is 14.9 Å². The van der Waals surface area contributed by atoms with E-state index in [0.29, 0.717) is 30.7 Å². The number of pyridine rings is 2. The van der Waals surface area contributed by atoms with Crippen molar-refractivity contribution in [2.75, 3.05) is 32.5 Å². The fourth-order valence-corrected chi connectivity index (χ4v) is 5.54. The maximum Gasteiger partial charge on any atom is 0.308 e. The van der Waals surface area contributed by atoms with Crippen LogP contribution < -0.4 is 4.74 Å². The van der Waals surface area contributed by atoms with E-state index < -0.39 is 18.1 Å². The molecule has 1 aromatic carbocycles. The number of carboxylic acid groups (broad SMARTS) is 1. The Kier molecular flexibility index (Phi) is 8.34. The van der Waals surface area contributed by atoms with Crippen LogP contribution in [0.1, 0.15) is 31.0 Å². The summed E-state index contributed by atoms with van der Waals surface area (Å²) in [6.45, 7) is 2.16. The summed E-state index contributed by atoms with van der Waals surface area (Å²) >= 11 is 1.68. The van der Waals surface area contributed by atoms with Crippen molar-refractivity contribution in [1.29, 1.82) is 0 Å². The molecule has 1 saturated heterocycles. The number of carbonyl (C=O) groups is 1. The molecular weight excluding hydrogens is 453 g/mol. The highest BCUT2D eigenvalue weighted by Crippen LogP contribution is 2.35. The fourth-order valence-electron chi connectivity index (χ4n) is 4.67. The molecule has 0 unspecified atom stereocenters. The number of hydrogen-bond donors (Lipinski definition) is 1. The van der Waals surface area contributed by atoms with Crippen LogP contribution in [-0.4, -0.2) is 58.4 Å².